The molecule has 0 bridgehead atoms. The number of hydrogen-bond donors (Lipinski definition) is 1. The van der Waals surface area contributed by atoms with Gasteiger partial charge in [0.2, 0.25) is 0 Å². The Labute approximate surface area is 98.5 Å². The number of rotatable bonds is 2. The van der Waals surface area contributed by atoms with E-state index in [1.807, 2.05) is 0 Å². The third-order valence-electron chi connectivity index (χ3n) is 2.14. The summed E-state index contributed by atoms with van der Waals surface area (Å²) in [4.78, 5) is 14.3. The molecule has 2 heterocycles. The highest BCUT2D eigenvalue weighted by Gasteiger charge is 2.32. The van der Waals surface area contributed by atoms with Crippen LogP contribution in [0.4, 0.5) is 13.2 Å². The number of carboxylic acids is 1. The topological polar surface area (TPSA) is 68.0 Å². The average molecular weight is 257 g/mol. The lowest BCUT2D eigenvalue weighted by molar-refractivity contribution is -0.137. The fraction of sp³-hybridized carbons (Fsp3) is 0.100. The number of alkyl halides is 3. The number of aromatic nitrogens is 3. The van der Waals surface area contributed by atoms with Crippen LogP contribution in [0.2, 0.25) is 0 Å². The molecule has 94 valence electrons. The van der Waals surface area contributed by atoms with Gasteiger partial charge in [0.25, 0.3) is 0 Å². The second-order valence-electron chi connectivity index (χ2n) is 3.38. The minimum Gasteiger partial charge on any atom is -0.478 e. The molecule has 0 saturated carbocycles. The number of carboxylic acid groups (broad SMARTS) is 1. The number of nitrogens with zero attached hydrogens (tertiary/aromatic N) is 3. The number of pyridine rings is 1. The van der Waals surface area contributed by atoms with E-state index in [1.54, 1.807) is 0 Å². The first-order chi connectivity index (χ1) is 8.38. The molecular weight excluding hydrogens is 251 g/mol. The molecule has 0 aliphatic carbocycles. The van der Waals surface area contributed by atoms with E-state index in [1.165, 1.54) is 12.1 Å². The molecule has 18 heavy (non-hydrogen) atoms. The maximum absolute atomic E-state index is 12.3. The van der Waals surface area contributed by atoms with Crippen molar-refractivity contribution in [3.8, 4) is 5.82 Å². The van der Waals surface area contributed by atoms with Gasteiger partial charge in [-0.25, -0.2) is 14.5 Å². The summed E-state index contributed by atoms with van der Waals surface area (Å²) in [5, 5.41) is 12.2. The second-order valence-corrected chi connectivity index (χ2v) is 3.38. The highest BCUT2D eigenvalue weighted by atomic mass is 19.4. The van der Waals surface area contributed by atoms with Crippen LogP contribution < -0.4 is 0 Å². The van der Waals surface area contributed by atoms with Crippen molar-refractivity contribution in [2.24, 2.45) is 0 Å². The summed E-state index contributed by atoms with van der Waals surface area (Å²) in [7, 11) is 0. The van der Waals surface area contributed by atoms with Crippen LogP contribution in [0.25, 0.3) is 5.82 Å². The number of halogens is 3. The van der Waals surface area contributed by atoms with Crippen molar-refractivity contribution in [1.29, 1.82) is 0 Å². The van der Waals surface area contributed by atoms with Gasteiger partial charge >= 0.3 is 12.1 Å². The summed E-state index contributed by atoms with van der Waals surface area (Å²) in [5.74, 6) is -1.05. The lowest BCUT2D eigenvalue weighted by Crippen LogP contribution is -2.04. The Hall–Kier alpha value is -2.38. The quantitative estimate of drug-likeness (QED) is 0.893. The van der Waals surface area contributed by atoms with Crippen molar-refractivity contribution in [1.82, 2.24) is 14.8 Å². The molecule has 0 unspecified atom stereocenters. The number of carbonyl (C=O) groups is 1. The third kappa shape index (κ3) is 2.31. The molecule has 0 amide bonds. The molecule has 0 aromatic carbocycles. The first-order valence-electron chi connectivity index (χ1n) is 4.69. The lowest BCUT2D eigenvalue weighted by atomic mass is 10.3. The van der Waals surface area contributed by atoms with Crippen LogP contribution in [0.5, 0.6) is 0 Å². The molecule has 0 radical (unpaired) electrons. The van der Waals surface area contributed by atoms with Crippen molar-refractivity contribution in [3.05, 3.63) is 41.9 Å². The van der Waals surface area contributed by atoms with Crippen LogP contribution in [0.15, 0.2) is 30.7 Å². The number of hydrogen-bond acceptors (Lipinski definition) is 3. The summed E-state index contributed by atoms with van der Waals surface area (Å²) in [6.07, 6.45) is -1.97. The first kappa shape index (κ1) is 12.1. The summed E-state index contributed by atoms with van der Waals surface area (Å²) in [5.41, 5.74) is -0.950. The van der Waals surface area contributed by atoms with Gasteiger partial charge in [-0.3, -0.25) is 0 Å². The first-order valence-corrected chi connectivity index (χ1v) is 4.69. The van der Waals surface area contributed by atoms with E-state index in [0.29, 0.717) is 6.20 Å². The van der Waals surface area contributed by atoms with Gasteiger partial charge in [0.1, 0.15) is 0 Å². The molecule has 0 atom stereocenters. The third-order valence-corrected chi connectivity index (χ3v) is 2.14. The van der Waals surface area contributed by atoms with Crippen LogP contribution in [0.3, 0.4) is 0 Å². The average Bonchev–Trinajstić information content (AvgIpc) is 2.78. The van der Waals surface area contributed by atoms with Crippen LogP contribution in [-0.2, 0) is 6.18 Å². The molecule has 0 aliphatic rings. The van der Waals surface area contributed by atoms with Crippen molar-refractivity contribution >= 4 is 5.97 Å². The van der Waals surface area contributed by atoms with Crippen LogP contribution >= 0.6 is 0 Å². The highest BCUT2D eigenvalue weighted by Crippen LogP contribution is 2.28. The Morgan fingerprint density at radius 1 is 1.28 bits per heavy atom. The molecule has 0 spiro atoms. The van der Waals surface area contributed by atoms with E-state index in [0.717, 1.165) is 17.1 Å². The molecule has 0 aliphatic heterocycles. The van der Waals surface area contributed by atoms with Gasteiger partial charge in [0.05, 0.1) is 17.3 Å². The van der Waals surface area contributed by atoms with Gasteiger partial charge in [-0.1, -0.05) is 0 Å². The summed E-state index contributed by atoms with van der Waals surface area (Å²) in [6, 6.07) is 2.51. The van der Waals surface area contributed by atoms with Gasteiger partial charge in [0, 0.05) is 12.4 Å². The summed E-state index contributed by atoms with van der Waals surface area (Å²) < 4.78 is 37.9. The Morgan fingerprint density at radius 2 is 2.00 bits per heavy atom. The monoisotopic (exact) mass is 257 g/mol. The molecular formula is C10H6F3N3O2. The zero-order chi connectivity index (χ0) is 13.3. The SMILES string of the molecule is O=C(O)c1ccc(-n2cc(C(F)(F)F)cn2)nc1. The number of aromatic carboxylic acids is 1. The summed E-state index contributed by atoms with van der Waals surface area (Å²) >= 11 is 0. The van der Waals surface area contributed by atoms with Gasteiger partial charge in [-0.15, -0.1) is 0 Å². The standard InChI is InChI=1S/C10H6F3N3O2/c11-10(12,13)7-4-15-16(5-7)8-2-1-6(3-14-8)9(17)18/h1-5H,(H,17,18). The molecule has 0 fully saturated rings. The normalized spacial score (nSPS) is 11.5. The van der Waals surface area contributed by atoms with Crippen molar-refractivity contribution in [2.75, 3.05) is 0 Å². The predicted octanol–water partition coefficient (Wildman–Crippen LogP) is 1.98. The Morgan fingerprint density at radius 3 is 2.44 bits per heavy atom. The zero-order valence-electron chi connectivity index (χ0n) is 8.72. The van der Waals surface area contributed by atoms with E-state index in [9.17, 15) is 18.0 Å². The van der Waals surface area contributed by atoms with Crippen LogP contribution in [0.1, 0.15) is 15.9 Å². The molecule has 2 rings (SSSR count). The molecule has 0 saturated heterocycles. The fourth-order valence-corrected chi connectivity index (χ4v) is 1.24. The van der Waals surface area contributed by atoms with Gasteiger partial charge < -0.3 is 5.11 Å². The minimum atomic E-state index is -4.47. The van der Waals surface area contributed by atoms with Crippen molar-refractivity contribution in [2.45, 2.75) is 6.18 Å². The Balaban J connectivity index is 2.32. The van der Waals surface area contributed by atoms with Gasteiger partial charge in [-0.2, -0.15) is 18.3 Å². The van der Waals surface area contributed by atoms with E-state index < -0.39 is 17.7 Å². The van der Waals surface area contributed by atoms with E-state index >= 15 is 0 Å². The van der Waals surface area contributed by atoms with E-state index in [2.05, 4.69) is 10.1 Å². The molecule has 1 N–H and O–H groups in total. The zero-order valence-corrected chi connectivity index (χ0v) is 8.72. The molecule has 2 aromatic rings. The van der Waals surface area contributed by atoms with Gasteiger partial charge in [0.15, 0.2) is 5.82 Å². The Kier molecular flexibility index (Phi) is 2.77. The lowest BCUT2D eigenvalue weighted by Gasteiger charge is -2.02. The summed E-state index contributed by atoms with van der Waals surface area (Å²) in [6.45, 7) is 0. The molecule has 8 heteroatoms. The van der Waals surface area contributed by atoms with Crippen molar-refractivity contribution < 1.29 is 23.1 Å². The minimum absolute atomic E-state index is 0.0537. The van der Waals surface area contributed by atoms with Crippen LogP contribution in [-0.4, -0.2) is 25.8 Å². The predicted molar refractivity (Wildman–Crippen MR) is 53.3 cm³/mol. The van der Waals surface area contributed by atoms with Gasteiger partial charge in [-0.05, 0) is 12.1 Å². The maximum Gasteiger partial charge on any atom is 0.419 e. The van der Waals surface area contributed by atoms with Crippen molar-refractivity contribution in [3.63, 3.8) is 0 Å². The second kappa shape index (κ2) is 4.13. The highest BCUT2D eigenvalue weighted by molar-refractivity contribution is 5.87. The maximum atomic E-state index is 12.3. The fourth-order valence-electron chi connectivity index (χ4n) is 1.24. The smallest absolute Gasteiger partial charge is 0.419 e. The van der Waals surface area contributed by atoms with E-state index in [-0.39, 0.29) is 11.4 Å². The van der Waals surface area contributed by atoms with E-state index in [4.69, 9.17) is 5.11 Å². The largest absolute Gasteiger partial charge is 0.478 e. The molecule has 5 nitrogen and oxygen atoms in total. The van der Waals surface area contributed by atoms with Crippen LogP contribution in [0, 0.1) is 0 Å². The molecule has 2 aromatic heterocycles. The Bertz CT molecular complexity index is 575.